The molecule has 1 heterocycles. The van der Waals surface area contributed by atoms with Gasteiger partial charge in [-0.3, -0.25) is 19.7 Å². The minimum absolute atomic E-state index is 0.0170. The third kappa shape index (κ3) is 6.66. The van der Waals surface area contributed by atoms with Gasteiger partial charge < -0.3 is 19.4 Å². The van der Waals surface area contributed by atoms with Gasteiger partial charge in [0.1, 0.15) is 17.4 Å². The number of esters is 1. The summed E-state index contributed by atoms with van der Waals surface area (Å²) in [5.74, 6) is -1.08. The van der Waals surface area contributed by atoms with Crippen molar-refractivity contribution >= 4 is 23.5 Å². The van der Waals surface area contributed by atoms with E-state index in [1.54, 1.807) is 33.8 Å². The van der Waals surface area contributed by atoms with Crippen LogP contribution < -0.4 is 5.32 Å². The predicted molar refractivity (Wildman–Crippen MR) is 116 cm³/mol. The van der Waals surface area contributed by atoms with Crippen LogP contribution in [0.15, 0.2) is 40.8 Å². The summed E-state index contributed by atoms with van der Waals surface area (Å²) in [7, 11) is 0. The molecule has 1 aromatic heterocycles. The van der Waals surface area contributed by atoms with E-state index in [9.17, 15) is 24.5 Å². The fourth-order valence-electron chi connectivity index (χ4n) is 2.83. The summed E-state index contributed by atoms with van der Waals surface area (Å²) in [6.45, 7) is 8.28. The first-order valence-electron chi connectivity index (χ1n) is 10.0. The number of ether oxygens (including phenoxy) is 1. The Morgan fingerprint density at radius 2 is 1.78 bits per heavy atom. The van der Waals surface area contributed by atoms with Gasteiger partial charge in [-0.25, -0.2) is 4.79 Å². The van der Waals surface area contributed by atoms with E-state index in [-0.39, 0.29) is 30.4 Å². The van der Waals surface area contributed by atoms with Gasteiger partial charge in [0.25, 0.3) is 11.6 Å². The van der Waals surface area contributed by atoms with Crippen molar-refractivity contribution in [2.24, 2.45) is 0 Å². The first-order valence-corrected chi connectivity index (χ1v) is 10.0. The Bertz CT molecular complexity index is 990. The molecule has 2 amide bonds. The van der Waals surface area contributed by atoms with Crippen molar-refractivity contribution in [1.29, 1.82) is 0 Å². The molecule has 2 aromatic rings. The van der Waals surface area contributed by atoms with E-state index in [1.807, 2.05) is 0 Å². The van der Waals surface area contributed by atoms with Crippen LogP contribution in [0.4, 0.5) is 5.69 Å². The van der Waals surface area contributed by atoms with Crippen molar-refractivity contribution in [2.45, 2.75) is 46.3 Å². The van der Waals surface area contributed by atoms with Crippen LogP contribution in [0.2, 0.25) is 0 Å². The Morgan fingerprint density at radius 3 is 2.31 bits per heavy atom. The maximum atomic E-state index is 13.1. The van der Waals surface area contributed by atoms with Crippen LogP contribution in [-0.2, 0) is 14.3 Å². The summed E-state index contributed by atoms with van der Waals surface area (Å²) in [5.41, 5.74) is -0.238. The topological polar surface area (TPSA) is 132 Å². The highest BCUT2D eigenvalue weighted by Crippen LogP contribution is 2.25. The van der Waals surface area contributed by atoms with Gasteiger partial charge in [-0.1, -0.05) is 0 Å². The highest BCUT2D eigenvalue weighted by Gasteiger charge is 2.31. The highest BCUT2D eigenvalue weighted by molar-refractivity contribution is 5.95. The van der Waals surface area contributed by atoms with Gasteiger partial charge in [0, 0.05) is 37.7 Å². The minimum atomic E-state index is -0.927. The molecule has 32 heavy (non-hydrogen) atoms. The number of benzene rings is 1. The van der Waals surface area contributed by atoms with E-state index in [2.05, 4.69) is 5.32 Å². The van der Waals surface area contributed by atoms with E-state index >= 15 is 0 Å². The first kappa shape index (κ1) is 24.6. The standard InChI is InChI=1S/C22H27N3O7/c1-14(21(28)32-22(3,4)5)24(13-12-23-15(2)26)20(27)19-11-10-18(31-19)16-6-8-17(9-7-16)25(29)30/h6-11,14H,12-13H2,1-5H3,(H,23,26)/t14-/m1/s1. The fraction of sp³-hybridized carbons (Fsp3) is 0.409. The largest absolute Gasteiger partial charge is 0.458 e. The average molecular weight is 445 g/mol. The van der Waals surface area contributed by atoms with Crippen LogP contribution in [0.25, 0.3) is 11.3 Å². The highest BCUT2D eigenvalue weighted by atomic mass is 16.6. The van der Waals surface area contributed by atoms with Gasteiger partial charge in [0.15, 0.2) is 5.76 Å². The maximum Gasteiger partial charge on any atom is 0.329 e. The lowest BCUT2D eigenvalue weighted by molar-refractivity contribution is -0.384. The third-order valence-corrected chi connectivity index (χ3v) is 4.38. The van der Waals surface area contributed by atoms with Crippen molar-refractivity contribution in [1.82, 2.24) is 10.2 Å². The normalized spacial score (nSPS) is 12.0. The van der Waals surface area contributed by atoms with E-state index in [0.29, 0.717) is 11.3 Å². The molecule has 0 unspecified atom stereocenters. The van der Waals surface area contributed by atoms with Gasteiger partial charge in [0.2, 0.25) is 5.91 Å². The molecule has 1 N–H and O–H groups in total. The summed E-state index contributed by atoms with van der Waals surface area (Å²) in [6.07, 6.45) is 0. The van der Waals surface area contributed by atoms with Crippen LogP contribution in [0.5, 0.6) is 0 Å². The van der Waals surface area contributed by atoms with Gasteiger partial charge in [0.05, 0.1) is 4.92 Å². The molecule has 10 nitrogen and oxygen atoms in total. The number of carbonyl (C=O) groups excluding carboxylic acids is 3. The molecule has 0 spiro atoms. The molecular formula is C22H27N3O7. The monoisotopic (exact) mass is 445 g/mol. The van der Waals surface area contributed by atoms with Crippen molar-refractivity contribution in [3.05, 3.63) is 52.3 Å². The number of nitrogens with zero attached hydrogens (tertiary/aromatic N) is 2. The second-order valence-corrected chi connectivity index (χ2v) is 8.16. The van der Waals surface area contributed by atoms with Gasteiger partial charge in [-0.05, 0) is 52.0 Å². The molecule has 172 valence electrons. The Kier molecular flexibility index (Phi) is 7.74. The SMILES string of the molecule is CC(=O)NCCN(C(=O)c1ccc(-c2ccc([N+](=O)[O-])cc2)o1)[C@H](C)C(=O)OC(C)(C)C. The molecule has 0 saturated carbocycles. The molecule has 1 aromatic carbocycles. The number of hydrogen-bond donors (Lipinski definition) is 1. The fourth-order valence-corrected chi connectivity index (χ4v) is 2.83. The number of rotatable bonds is 8. The first-order chi connectivity index (χ1) is 14.9. The van der Waals surface area contributed by atoms with E-state index in [0.717, 1.165) is 0 Å². The third-order valence-electron chi connectivity index (χ3n) is 4.38. The maximum absolute atomic E-state index is 13.1. The van der Waals surface area contributed by atoms with Crippen molar-refractivity contribution in [2.75, 3.05) is 13.1 Å². The molecule has 2 rings (SSSR count). The molecule has 0 fully saturated rings. The Morgan fingerprint density at radius 1 is 1.16 bits per heavy atom. The van der Waals surface area contributed by atoms with Crippen LogP contribution in [0, 0.1) is 10.1 Å². The minimum Gasteiger partial charge on any atom is -0.458 e. The van der Waals surface area contributed by atoms with Gasteiger partial charge >= 0.3 is 5.97 Å². The molecule has 0 bridgehead atoms. The zero-order chi connectivity index (χ0) is 24.1. The van der Waals surface area contributed by atoms with Crippen LogP contribution >= 0.6 is 0 Å². The molecule has 0 saturated heterocycles. The number of furan rings is 1. The molecule has 1 atom stereocenters. The van der Waals surface area contributed by atoms with Crippen LogP contribution in [0.3, 0.4) is 0 Å². The van der Waals surface area contributed by atoms with Crippen LogP contribution in [-0.4, -0.2) is 52.3 Å². The van der Waals surface area contributed by atoms with E-state index < -0.39 is 28.4 Å². The zero-order valence-corrected chi connectivity index (χ0v) is 18.7. The lowest BCUT2D eigenvalue weighted by Crippen LogP contribution is -2.48. The van der Waals surface area contributed by atoms with Gasteiger partial charge in [-0.15, -0.1) is 0 Å². The van der Waals surface area contributed by atoms with E-state index in [1.165, 1.54) is 42.2 Å². The molecule has 10 heteroatoms. The van der Waals surface area contributed by atoms with E-state index in [4.69, 9.17) is 9.15 Å². The predicted octanol–water partition coefficient (Wildman–Crippen LogP) is 3.16. The molecule has 0 aliphatic carbocycles. The van der Waals surface area contributed by atoms with Gasteiger partial charge in [-0.2, -0.15) is 0 Å². The molecule has 0 aliphatic rings. The molecule has 0 radical (unpaired) electrons. The number of nitrogens with one attached hydrogen (secondary N) is 1. The number of nitro groups is 1. The summed E-state index contributed by atoms with van der Waals surface area (Å²) in [6, 6.07) is 7.81. The molecular weight excluding hydrogens is 418 g/mol. The number of nitro benzene ring substituents is 1. The Labute approximate surface area is 185 Å². The number of hydrogen-bond acceptors (Lipinski definition) is 7. The lowest BCUT2D eigenvalue weighted by Gasteiger charge is -2.30. The summed E-state index contributed by atoms with van der Waals surface area (Å²) in [4.78, 5) is 48.5. The average Bonchev–Trinajstić information content (AvgIpc) is 3.19. The smallest absolute Gasteiger partial charge is 0.329 e. The zero-order valence-electron chi connectivity index (χ0n) is 18.7. The second-order valence-electron chi connectivity index (χ2n) is 8.16. The molecule has 0 aliphatic heterocycles. The lowest BCUT2D eigenvalue weighted by atomic mass is 10.1. The number of amides is 2. The number of non-ortho nitro benzene ring substituents is 1. The second kappa shape index (κ2) is 10.1. The quantitative estimate of drug-likeness (QED) is 0.375. The summed E-state index contributed by atoms with van der Waals surface area (Å²) >= 11 is 0. The summed E-state index contributed by atoms with van der Waals surface area (Å²) < 4.78 is 11.1. The Balaban J connectivity index is 2.25. The number of carbonyl (C=O) groups is 3. The van der Waals surface area contributed by atoms with Crippen molar-refractivity contribution in [3.8, 4) is 11.3 Å². The van der Waals surface area contributed by atoms with Crippen molar-refractivity contribution in [3.63, 3.8) is 0 Å². The van der Waals surface area contributed by atoms with Crippen LogP contribution in [0.1, 0.15) is 45.2 Å². The Hall–Kier alpha value is -3.69. The summed E-state index contributed by atoms with van der Waals surface area (Å²) in [5, 5.41) is 13.4. The van der Waals surface area contributed by atoms with Crippen molar-refractivity contribution < 1.29 is 28.5 Å².